The normalized spacial score (nSPS) is 12.5. The Balaban J connectivity index is 2.85. The molecule has 0 saturated heterocycles. The molecule has 1 aromatic rings. The lowest BCUT2D eigenvalue weighted by Gasteiger charge is -2.14. The fourth-order valence-corrected chi connectivity index (χ4v) is 4.38. The maximum Gasteiger partial charge on any atom is 0.305 e. The van der Waals surface area contributed by atoms with Crippen LogP contribution in [0.2, 0.25) is 0 Å². The Morgan fingerprint density at radius 2 is 1.76 bits per heavy atom. The lowest BCUT2D eigenvalue weighted by atomic mass is 10.2. The maximum absolute atomic E-state index is 13.3. The number of hydrogen-bond acceptors (Lipinski definition) is 8. The summed E-state index contributed by atoms with van der Waals surface area (Å²) in [5.41, 5.74) is 6.56. The molecule has 0 aromatic carbocycles. The van der Waals surface area contributed by atoms with Crippen molar-refractivity contribution in [3.63, 3.8) is 0 Å². The molecule has 3 N–H and O–H groups in total. The van der Waals surface area contributed by atoms with E-state index in [0.29, 0.717) is 37.1 Å². The summed E-state index contributed by atoms with van der Waals surface area (Å²) in [6.45, 7) is 1.72. The highest BCUT2D eigenvalue weighted by molar-refractivity contribution is 8.00. The molecule has 162 valence electrons. The van der Waals surface area contributed by atoms with E-state index in [0.717, 1.165) is 0 Å². The Bertz CT molecular complexity index is 846. The van der Waals surface area contributed by atoms with E-state index in [1.807, 2.05) is 0 Å². The van der Waals surface area contributed by atoms with Crippen LogP contribution in [0.5, 0.6) is 0 Å². The SMILES string of the molecule is COC(=O)CCCC=S(=O)(CCCCC(=O)OC)NC(=O)c1cnc(N)c(C)c1. The third kappa shape index (κ3) is 8.95. The number of anilines is 1. The fraction of sp³-hybridized carbons (Fsp3) is 0.526. The highest BCUT2D eigenvalue weighted by atomic mass is 32.2. The van der Waals surface area contributed by atoms with Crippen LogP contribution < -0.4 is 10.5 Å². The second kappa shape index (κ2) is 12.1. The third-order valence-corrected chi connectivity index (χ3v) is 6.35. The minimum absolute atomic E-state index is 0.176. The summed E-state index contributed by atoms with van der Waals surface area (Å²) in [5, 5.41) is 1.53. The summed E-state index contributed by atoms with van der Waals surface area (Å²) in [5.74, 6) is -0.723. The van der Waals surface area contributed by atoms with Crippen LogP contribution in [0.4, 0.5) is 5.82 Å². The molecule has 1 atom stereocenters. The zero-order valence-electron chi connectivity index (χ0n) is 17.1. The summed E-state index contributed by atoms with van der Waals surface area (Å²) >= 11 is 0. The predicted molar refractivity (Wildman–Crippen MR) is 112 cm³/mol. The minimum atomic E-state index is -2.86. The molecule has 1 rings (SSSR count). The zero-order valence-corrected chi connectivity index (χ0v) is 17.9. The van der Waals surface area contributed by atoms with Crippen molar-refractivity contribution in [3.05, 3.63) is 23.4 Å². The average Bonchev–Trinajstić information content (AvgIpc) is 2.70. The van der Waals surface area contributed by atoms with E-state index < -0.39 is 15.6 Å². The first-order valence-electron chi connectivity index (χ1n) is 9.23. The van der Waals surface area contributed by atoms with Crippen molar-refractivity contribution >= 4 is 38.7 Å². The lowest BCUT2D eigenvalue weighted by molar-refractivity contribution is -0.141. The molecule has 0 aliphatic carbocycles. The largest absolute Gasteiger partial charge is 0.469 e. The van der Waals surface area contributed by atoms with Crippen LogP contribution in [0.15, 0.2) is 12.3 Å². The Hall–Kier alpha value is -2.62. The van der Waals surface area contributed by atoms with Gasteiger partial charge in [0, 0.05) is 24.8 Å². The smallest absolute Gasteiger partial charge is 0.305 e. The van der Waals surface area contributed by atoms with Gasteiger partial charge in [-0.05, 0) is 49.6 Å². The number of methoxy groups -OCH3 is 2. The number of nitrogens with one attached hydrogen (secondary N) is 1. The highest BCUT2D eigenvalue weighted by Gasteiger charge is 2.15. The molecule has 1 unspecified atom stereocenters. The standard InChI is InChI=1S/C19H29N3O6S/c1-14-12-15(13-21-18(14)20)19(25)22-29(26,10-6-4-8-16(23)27-2)11-7-5-9-17(24)28-3/h10,12-13H,4-9,11H2,1-3H3,(H2,20,21)(H,22,25,26). The number of ether oxygens (including phenoxy) is 2. The topological polar surface area (TPSA) is 138 Å². The van der Waals surface area contributed by atoms with Crippen LogP contribution in [-0.4, -0.2) is 52.4 Å². The van der Waals surface area contributed by atoms with E-state index in [9.17, 15) is 18.6 Å². The molecular weight excluding hydrogens is 398 g/mol. The Morgan fingerprint density at radius 3 is 2.34 bits per heavy atom. The molecule has 10 heteroatoms. The molecule has 0 radical (unpaired) electrons. The van der Waals surface area contributed by atoms with Gasteiger partial charge in [0.25, 0.3) is 5.91 Å². The lowest BCUT2D eigenvalue weighted by Crippen LogP contribution is -2.34. The number of unbranched alkanes of at least 4 members (excludes halogenated alkanes) is 2. The van der Waals surface area contributed by atoms with E-state index in [2.05, 4.69) is 19.2 Å². The quantitative estimate of drug-likeness (QED) is 0.307. The molecule has 0 aliphatic rings. The van der Waals surface area contributed by atoms with E-state index in [1.54, 1.807) is 13.0 Å². The molecule has 1 amide bonds. The highest BCUT2D eigenvalue weighted by Crippen LogP contribution is 2.10. The third-order valence-electron chi connectivity index (χ3n) is 4.15. The fourth-order valence-electron chi connectivity index (χ4n) is 2.41. The van der Waals surface area contributed by atoms with Crippen molar-refractivity contribution in [1.82, 2.24) is 9.71 Å². The van der Waals surface area contributed by atoms with E-state index >= 15 is 0 Å². The van der Waals surface area contributed by atoms with Crippen LogP contribution in [-0.2, 0) is 28.8 Å². The molecule has 9 nitrogen and oxygen atoms in total. The van der Waals surface area contributed by atoms with Crippen molar-refractivity contribution in [2.45, 2.75) is 45.4 Å². The van der Waals surface area contributed by atoms with Crippen LogP contribution in [0.3, 0.4) is 0 Å². The molecular formula is C19H29N3O6S. The number of esters is 2. The number of pyridine rings is 1. The van der Waals surface area contributed by atoms with Gasteiger partial charge in [-0.2, -0.15) is 0 Å². The second-order valence-corrected chi connectivity index (χ2v) is 8.85. The Kier molecular flexibility index (Phi) is 10.1. The van der Waals surface area contributed by atoms with Crippen molar-refractivity contribution in [2.24, 2.45) is 0 Å². The van der Waals surface area contributed by atoms with Gasteiger partial charge in [-0.3, -0.25) is 19.1 Å². The molecule has 29 heavy (non-hydrogen) atoms. The number of aryl methyl sites for hydroxylation is 1. The van der Waals surface area contributed by atoms with Crippen LogP contribution >= 0.6 is 0 Å². The van der Waals surface area contributed by atoms with Crippen molar-refractivity contribution in [2.75, 3.05) is 25.7 Å². The predicted octanol–water partition coefficient (Wildman–Crippen LogP) is 1.39. The number of carbonyl (C=O) groups is 3. The van der Waals surface area contributed by atoms with Crippen molar-refractivity contribution in [3.8, 4) is 0 Å². The number of nitrogens with two attached hydrogens (primary N) is 1. The molecule has 0 fully saturated rings. The second-order valence-electron chi connectivity index (χ2n) is 6.46. The van der Waals surface area contributed by atoms with Gasteiger partial charge in [0.1, 0.15) is 5.82 Å². The number of amides is 1. The van der Waals surface area contributed by atoms with E-state index in [4.69, 9.17) is 5.73 Å². The van der Waals surface area contributed by atoms with Crippen LogP contribution in [0, 0.1) is 6.92 Å². The monoisotopic (exact) mass is 427 g/mol. The first-order valence-corrected chi connectivity index (χ1v) is 11.0. The van der Waals surface area contributed by atoms with Crippen LogP contribution in [0.25, 0.3) is 0 Å². The molecule has 0 aliphatic heterocycles. The van der Waals surface area contributed by atoms with Gasteiger partial charge in [-0.1, -0.05) is 0 Å². The van der Waals surface area contributed by atoms with E-state index in [-0.39, 0.29) is 36.1 Å². The number of hydrogen-bond donors (Lipinski definition) is 2. The summed E-state index contributed by atoms with van der Waals surface area (Å²) in [6.07, 6.45) is 3.49. The van der Waals surface area contributed by atoms with E-state index in [1.165, 1.54) is 25.8 Å². The first kappa shape index (κ1) is 24.4. The molecule has 1 heterocycles. The van der Waals surface area contributed by atoms with Crippen molar-refractivity contribution < 1.29 is 28.1 Å². The van der Waals surface area contributed by atoms with Gasteiger partial charge in [-0.25, -0.2) is 9.19 Å². The maximum atomic E-state index is 13.3. The van der Waals surface area contributed by atoms with Gasteiger partial charge in [0.2, 0.25) is 0 Å². The molecule has 0 spiro atoms. The number of nitrogens with zero attached hydrogens (tertiary/aromatic N) is 1. The summed E-state index contributed by atoms with van der Waals surface area (Å²) in [7, 11) is -0.243. The molecule has 0 bridgehead atoms. The van der Waals surface area contributed by atoms with Gasteiger partial charge in [0.05, 0.1) is 29.5 Å². The first-order chi connectivity index (χ1) is 13.7. The Labute approximate surface area is 171 Å². The van der Waals surface area contributed by atoms with Gasteiger partial charge >= 0.3 is 11.9 Å². The number of nitrogen functional groups attached to an aromatic ring is 1. The Morgan fingerprint density at radius 1 is 1.14 bits per heavy atom. The van der Waals surface area contributed by atoms with Gasteiger partial charge in [0.15, 0.2) is 0 Å². The molecule has 0 saturated carbocycles. The summed E-state index contributed by atoms with van der Waals surface area (Å²) in [4.78, 5) is 39.0. The number of rotatable bonds is 11. The van der Waals surface area contributed by atoms with Crippen LogP contribution in [0.1, 0.15) is 54.4 Å². The summed E-state index contributed by atoms with van der Waals surface area (Å²) in [6, 6.07) is 1.58. The minimum Gasteiger partial charge on any atom is -0.469 e. The van der Waals surface area contributed by atoms with Gasteiger partial charge < -0.3 is 15.2 Å². The average molecular weight is 428 g/mol. The zero-order chi connectivity index (χ0) is 21.9. The summed E-state index contributed by atoms with van der Waals surface area (Å²) < 4.78 is 25.0. The van der Waals surface area contributed by atoms with Crippen molar-refractivity contribution in [1.29, 1.82) is 0 Å². The molecule has 1 aromatic heterocycles. The number of carbonyl (C=O) groups excluding carboxylic acids is 3. The number of aromatic nitrogens is 1. The van der Waals surface area contributed by atoms with Gasteiger partial charge in [-0.15, -0.1) is 0 Å².